The van der Waals surface area contributed by atoms with E-state index in [1.165, 1.54) is 24.5 Å². The van der Waals surface area contributed by atoms with E-state index in [4.69, 9.17) is 4.74 Å². The normalized spacial score (nSPS) is 13.4. The summed E-state index contributed by atoms with van der Waals surface area (Å²) in [6.45, 7) is 1.81. The predicted molar refractivity (Wildman–Crippen MR) is 88.2 cm³/mol. The summed E-state index contributed by atoms with van der Waals surface area (Å²) in [6, 6.07) is 8.33. The molecule has 0 fully saturated rings. The first-order valence-corrected chi connectivity index (χ1v) is 8.16. The molecule has 1 heterocycles. The fourth-order valence-electron chi connectivity index (χ4n) is 2.15. The summed E-state index contributed by atoms with van der Waals surface area (Å²) in [5.41, 5.74) is -0.362. The zero-order chi connectivity index (χ0) is 16.9. The van der Waals surface area contributed by atoms with Crippen LogP contribution in [-0.4, -0.2) is 24.7 Å². The Morgan fingerprint density at radius 2 is 2.22 bits per heavy atom. The van der Waals surface area contributed by atoms with Crippen LogP contribution in [0.3, 0.4) is 0 Å². The number of hydrogen-bond donors (Lipinski definition) is 2. The molecule has 2 N–H and O–H groups in total. The van der Waals surface area contributed by atoms with Crippen LogP contribution in [0.4, 0.5) is 4.39 Å². The van der Waals surface area contributed by atoms with Crippen molar-refractivity contribution in [1.82, 2.24) is 5.32 Å². The van der Waals surface area contributed by atoms with Gasteiger partial charge in [0.25, 0.3) is 0 Å². The fourth-order valence-corrected chi connectivity index (χ4v) is 2.94. The van der Waals surface area contributed by atoms with Crippen LogP contribution in [0.25, 0.3) is 0 Å². The Kier molecular flexibility index (Phi) is 5.74. The lowest BCUT2D eigenvalue weighted by molar-refractivity contribution is -0.122. The Morgan fingerprint density at radius 1 is 1.43 bits per heavy atom. The molecule has 1 atom stereocenters. The number of hydrogen-bond acceptors (Lipinski definition) is 4. The van der Waals surface area contributed by atoms with Gasteiger partial charge in [-0.25, -0.2) is 4.39 Å². The van der Waals surface area contributed by atoms with E-state index in [-0.39, 0.29) is 24.6 Å². The molecule has 1 aromatic heterocycles. The number of aryl methyl sites for hydroxylation is 1. The van der Waals surface area contributed by atoms with Crippen molar-refractivity contribution in [2.75, 3.05) is 13.7 Å². The maximum atomic E-state index is 13.6. The third kappa shape index (κ3) is 4.77. The van der Waals surface area contributed by atoms with E-state index in [0.717, 1.165) is 10.4 Å². The highest BCUT2D eigenvalue weighted by Crippen LogP contribution is 2.24. The molecule has 0 radical (unpaired) electrons. The van der Waals surface area contributed by atoms with E-state index in [9.17, 15) is 14.3 Å². The minimum atomic E-state index is -1.09. The van der Waals surface area contributed by atoms with Crippen molar-refractivity contribution in [2.45, 2.75) is 25.4 Å². The van der Waals surface area contributed by atoms with Gasteiger partial charge in [-0.05, 0) is 42.5 Å². The van der Waals surface area contributed by atoms with Gasteiger partial charge >= 0.3 is 0 Å². The molecule has 1 aromatic carbocycles. The minimum absolute atomic E-state index is 0.142. The molecule has 0 saturated heterocycles. The Labute approximate surface area is 138 Å². The summed E-state index contributed by atoms with van der Waals surface area (Å²) in [5, 5.41) is 14.9. The number of carbonyl (C=O) groups excluding carboxylic acids is 1. The average Bonchev–Trinajstić information content (AvgIpc) is 3.06. The zero-order valence-electron chi connectivity index (χ0n) is 13.1. The maximum absolute atomic E-state index is 13.6. The highest BCUT2D eigenvalue weighted by Gasteiger charge is 2.24. The Bertz CT molecular complexity index is 656. The number of benzene rings is 1. The summed E-state index contributed by atoms with van der Waals surface area (Å²) in [7, 11) is 1.41. The standard InChI is InChI=1S/C17H20FNO3S/c1-17(21,15-4-3-9-23-15)11-19-16(20)8-6-12-5-7-14(22-2)13(18)10-12/h3-5,7,9-10,21H,6,8,11H2,1-2H3,(H,19,20). The Morgan fingerprint density at radius 3 is 2.83 bits per heavy atom. The third-order valence-electron chi connectivity index (χ3n) is 3.54. The van der Waals surface area contributed by atoms with Crippen LogP contribution in [-0.2, 0) is 16.8 Å². The summed E-state index contributed by atoms with van der Waals surface area (Å²) >= 11 is 1.44. The van der Waals surface area contributed by atoms with Crippen molar-refractivity contribution >= 4 is 17.2 Å². The highest BCUT2D eigenvalue weighted by atomic mass is 32.1. The molecule has 0 bridgehead atoms. The molecule has 2 rings (SSSR count). The SMILES string of the molecule is COc1ccc(CCC(=O)NCC(C)(O)c2cccs2)cc1F. The molecule has 124 valence electrons. The van der Waals surface area contributed by atoms with Gasteiger partial charge in [-0.3, -0.25) is 4.79 Å². The number of halogens is 1. The van der Waals surface area contributed by atoms with Gasteiger partial charge in [0, 0.05) is 11.3 Å². The van der Waals surface area contributed by atoms with Gasteiger partial charge in [-0.1, -0.05) is 12.1 Å². The van der Waals surface area contributed by atoms with Gasteiger partial charge < -0.3 is 15.2 Å². The second-order valence-corrected chi connectivity index (χ2v) is 6.44. The van der Waals surface area contributed by atoms with Gasteiger partial charge in [0.2, 0.25) is 5.91 Å². The maximum Gasteiger partial charge on any atom is 0.220 e. The summed E-state index contributed by atoms with van der Waals surface area (Å²) in [6.07, 6.45) is 0.653. The van der Waals surface area contributed by atoms with Crippen LogP contribution in [0.1, 0.15) is 23.8 Å². The number of amides is 1. The number of methoxy groups -OCH3 is 1. The number of nitrogens with one attached hydrogen (secondary N) is 1. The molecule has 0 aliphatic heterocycles. The minimum Gasteiger partial charge on any atom is -0.494 e. The van der Waals surface area contributed by atoms with Crippen LogP contribution in [0, 0.1) is 5.82 Å². The van der Waals surface area contributed by atoms with Gasteiger partial charge in [-0.15, -0.1) is 11.3 Å². The molecule has 0 aliphatic carbocycles. The van der Waals surface area contributed by atoms with Crippen molar-refractivity contribution in [2.24, 2.45) is 0 Å². The fraction of sp³-hybridized carbons (Fsp3) is 0.353. The van der Waals surface area contributed by atoms with Gasteiger partial charge in [0.15, 0.2) is 11.6 Å². The quantitative estimate of drug-likeness (QED) is 0.817. The van der Waals surface area contributed by atoms with E-state index in [2.05, 4.69) is 5.32 Å². The molecule has 0 aliphatic rings. The van der Waals surface area contributed by atoms with Crippen LogP contribution >= 0.6 is 11.3 Å². The summed E-state index contributed by atoms with van der Waals surface area (Å²) in [4.78, 5) is 12.7. The Hall–Kier alpha value is -1.92. The van der Waals surface area contributed by atoms with Crippen molar-refractivity contribution < 1.29 is 19.0 Å². The molecule has 4 nitrogen and oxygen atoms in total. The smallest absolute Gasteiger partial charge is 0.220 e. The molecule has 0 saturated carbocycles. The van der Waals surface area contributed by atoms with E-state index in [0.29, 0.717) is 6.42 Å². The first-order chi connectivity index (χ1) is 10.9. The van der Waals surface area contributed by atoms with E-state index < -0.39 is 11.4 Å². The number of carbonyl (C=O) groups is 1. The molecule has 2 aromatic rings. The van der Waals surface area contributed by atoms with Gasteiger partial charge in [0.1, 0.15) is 5.60 Å². The average molecular weight is 337 g/mol. The number of rotatable bonds is 7. The van der Waals surface area contributed by atoms with E-state index in [1.54, 1.807) is 19.1 Å². The second-order valence-electron chi connectivity index (χ2n) is 5.50. The number of aliphatic hydroxyl groups is 1. The van der Waals surface area contributed by atoms with Crippen LogP contribution in [0.15, 0.2) is 35.7 Å². The molecular weight excluding hydrogens is 317 g/mol. The molecule has 1 unspecified atom stereocenters. The van der Waals surface area contributed by atoms with E-state index >= 15 is 0 Å². The number of ether oxygens (including phenoxy) is 1. The largest absolute Gasteiger partial charge is 0.494 e. The number of thiophene rings is 1. The topological polar surface area (TPSA) is 58.6 Å². The van der Waals surface area contributed by atoms with Crippen molar-refractivity contribution in [1.29, 1.82) is 0 Å². The zero-order valence-corrected chi connectivity index (χ0v) is 14.0. The second kappa shape index (κ2) is 7.57. The molecular formula is C17H20FNO3S. The lowest BCUT2D eigenvalue weighted by Crippen LogP contribution is -2.38. The molecule has 6 heteroatoms. The first-order valence-electron chi connectivity index (χ1n) is 7.28. The predicted octanol–water partition coefficient (Wildman–Crippen LogP) is 2.85. The van der Waals surface area contributed by atoms with Crippen LogP contribution in [0.5, 0.6) is 5.75 Å². The van der Waals surface area contributed by atoms with Crippen LogP contribution < -0.4 is 10.1 Å². The third-order valence-corrected chi connectivity index (χ3v) is 4.66. The highest BCUT2D eigenvalue weighted by molar-refractivity contribution is 7.10. The molecule has 23 heavy (non-hydrogen) atoms. The van der Waals surface area contributed by atoms with Gasteiger partial charge in [0.05, 0.1) is 13.7 Å². The van der Waals surface area contributed by atoms with Crippen molar-refractivity contribution in [3.05, 3.63) is 52.0 Å². The summed E-state index contributed by atoms with van der Waals surface area (Å²) < 4.78 is 18.4. The Balaban J connectivity index is 1.82. The monoisotopic (exact) mass is 337 g/mol. The van der Waals surface area contributed by atoms with Crippen molar-refractivity contribution in [3.63, 3.8) is 0 Å². The van der Waals surface area contributed by atoms with Crippen molar-refractivity contribution in [3.8, 4) is 5.75 Å². The van der Waals surface area contributed by atoms with Gasteiger partial charge in [-0.2, -0.15) is 0 Å². The van der Waals surface area contributed by atoms with E-state index in [1.807, 2.05) is 17.5 Å². The first kappa shape index (κ1) is 17.4. The molecule has 1 amide bonds. The summed E-state index contributed by atoms with van der Waals surface area (Å²) in [5.74, 6) is -0.436. The molecule has 0 spiro atoms. The lowest BCUT2D eigenvalue weighted by Gasteiger charge is -2.22. The van der Waals surface area contributed by atoms with Crippen LogP contribution in [0.2, 0.25) is 0 Å². The lowest BCUT2D eigenvalue weighted by atomic mass is 10.0.